The minimum absolute atomic E-state index is 0.00743. The Morgan fingerprint density at radius 2 is 1.88 bits per heavy atom. The second-order valence-electron chi connectivity index (χ2n) is 5.74. The summed E-state index contributed by atoms with van der Waals surface area (Å²) in [5, 5.41) is 3.71. The van der Waals surface area contributed by atoms with Crippen LogP contribution in [-0.2, 0) is 11.2 Å². The molecule has 1 heterocycles. The number of rotatable bonds is 7. The van der Waals surface area contributed by atoms with Crippen LogP contribution in [0, 0.1) is 12.7 Å². The Labute approximate surface area is 155 Å². The molecule has 0 saturated carbocycles. The molecule has 1 aromatic heterocycles. The number of aryl methyl sites for hydroxylation is 1. The third kappa shape index (κ3) is 4.89. The molecule has 0 saturated heterocycles. The molecule has 0 radical (unpaired) electrons. The zero-order valence-corrected chi connectivity index (χ0v) is 15.2. The van der Waals surface area contributed by atoms with Gasteiger partial charge in [0, 0.05) is 23.4 Å². The number of nitrogens with zero attached hydrogens (tertiary/aromatic N) is 1. The second-order valence-corrected chi connectivity index (χ2v) is 6.82. The maximum Gasteiger partial charge on any atom is 0.257 e. The van der Waals surface area contributed by atoms with E-state index < -0.39 is 0 Å². The van der Waals surface area contributed by atoms with Crippen molar-refractivity contribution in [2.24, 2.45) is 0 Å². The number of amides is 1. The lowest BCUT2D eigenvalue weighted by molar-refractivity contribution is -0.123. The molecular weight excluding hydrogens is 351 g/mol. The van der Waals surface area contributed by atoms with Gasteiger partial charge in [-0.05, 0) is 43.3 Å². The van der Waals surface area contributed by atoms with Crippen molar-refractivity contribution in [1.29, 1.82) is 0 Å². The molecule has 3 aromatic rings. The SMILES string of the molecule is Cc1nc(-c2ccc(F)cc2)sc1CCNC(=O)COc1ccccc1. The number of carbonyl (C=O) groups excluding carboxylic acids is 1. The highest BCUT2D eigenvalue weighted by Gasteiger charge is 2.10. The summed E-state index contributed by atoms with van der Waals surface area (Å²) in [5.74, 6) is 0.252. The molecule has 6 heteroatoms. The lowest BCUT2D eigenvalue weighted by atomic mass is 10.2. The van der Waals surface area contributed by atoms with Gasteiger partial charge in [-0.15, -0.1) is 11.3 Å². The molecule has 2 aromatic carbocycles. The van der Waals surface area contributed by atoms with Crippen LogP contribution in [0.3, 0.4) is 0 Å². The van der Waals surface area contributed by atoms with Gasteiger partial charge in [0.1, 0.15) is 16.6 Å². The van der Waals surface area contributed by atoms with E-state index in [1.54, 1.807) is 23.5 Å². The van der Waals surface area contributed by atoms with Crippen molar-refractivity contribution in [3.63, 3.8) is 0 Å². The number of halogens is 1. The molecule has 1 N–H and O–H groups in total. The monoisotopic (exact) mass is 370 g/mol. The van der Waals surface area contributed by atoms with Crippen LogP contribution in [0.5, 0.6) is 5.75 Å². The van der Waals surface area contributed by atoms with Gasteiger partial charge in [-0.2, -0.15) is 0 Å². The van der Waals surface area contributed by atoms with Crippen LogP contribution in [-0.4, -0.2) is 24.0 Å². The maximum absolute atomic E-state index is 13.0. The van der Waals surface area contributed by atoms with Crippen molar-refractivity contribution in [2.45, 2.75) is 13.3 Å². The largest absolute Gasteiger partial charge is 0.484 e. The van der Waals surface area contributed by atoms with Gasteiger partial charge in [0.05, 0.1) is 5.69 Å². The van der Waals surface area contributed by atoms with E-state index in [2.05, 4.69) is 10.3 Å². The van der Waals surface area contributed by atoms with E-state index >= 15 is 0 Å². The molecule has 0 unspecified atom stereocenters. The number of nitrogens with one attached hydrogen (secondary N) is 1. The first-order valence-corrected chi connectivity index (χ1v) is 9.10. The predicted octanol–water partition coefficient (Wildman–Crippen LogP) is 4.00. The van der Waals surface area contributed by atoms with Crippen molar-refractivity contribution in [3.05, 3.63) is 71.0 Å². The highest BCUT2D eigenvalue weighted by Crippen LogP contribution is 2.28. The Morgan fingerprint density at radius 1 is 1.15 bits per heavy atom. The van der Waals surface area contributed by atoms with Crippen LogP contribution in [0.4, 0.5) is 4.39 Å². The zero-order valence-electron chi connectivity index (χ0n) is 14.4. The predicted molar refractivity (Wildman–Crippen MR) is 101 cm³/mol. The Balaban J connectivity index is 1.49. The minimum Gasteiger partial charge on any atom is -0.484 e. The molecule has 0 aliphatic carbocycles. The van der Waals surface area contributed by atoms with E-state index in [0.717, 1.165) is 21.1 Å². The average Bonchev–Trinajstić information content (AvgIpc) is 3.02. The maximum atomic E-state index is 13.0. The first-order valence-electron chi connectivity index (χ1n) is 8.28. The molecule has 0 aliphatic heterocycles. The number of thiazole rings is 1. The summed E-state index contributed by atoms with van der Waals surface area (Å²) in [6.07, 6.45) is 0.696. The fourth-order valence-electron chi connectivity index (χ4n) is 2.41. The molecule has 134 valence electrons. The standard InChI is InChI=1S/C20H19FN2O2S/c1-14-18(26-20(23-14)15-7-9-16(21)10-8-15)11-12-22-19(24)13-25-17-5-3-2-4-6-17/h2-10H,11-13H2,1H3,(H,22,24). The molecule has 1 amide bonds. The summed E-state index contributed by atoms with van der Waals surface area (Å²) in [6, 6.07) is 15.5. The molecule has 0 fully saturated rings. The Morgan fingerprint density at radius 3 is 2.62 bits per heavy atom. The van der Waals surface area contributed by atoms with E-state index in [9.17, 15) is 9.18 Å². The van der Waals surface area contributed by atoms with Gasteiger partial charge in [0.25, 0.3) is 5.91 Å². The van der Waals surface area contributed by atoms with Gasteiger partial charge >= 0.3 is 0 Å². The number of hydrogen-bond donors (Lipinski definition) is 1. The zero-order chi connectivity index (χ0) is 18.4. The smallest absolute Gasteiger partial charge is 0.257 e. The van der Waals surface area contributed by atoms with Gasteiger partial charge < -0.3 is 10.1 Å². The molecule has 0 atom stereocenters. The van der Waals surface area contributed by atoms with Crippen LogP contribution in [0.2, 0.25) is 0 Å². The average molecular weight is 370 g/mol. The number of para-hydroxylation sites is 1. The molecule has 26 heavy (non-hydrogen) atoms. The number of carbonyl (C=O) groups is 1. The van der Waals surface area contributed by atoms with Gasteiger partial charge in [-0.1, -0.05) is 18.2 Å². The van der Waals surface area contributed by atoms with Crippen LogP contribution in [0.15, 0.2) is 54.6 Å². The quantitative estimate of drug-likeness (QED) is 0.684. The van der Waals surface area contributed by atoms with Gasteiger partial charge in [0.2, 0.25) is 0 Å². The lowest BCUT2D eigenvalue weighted by Crippen LogP contribution is -2.30. The fraction of sp³-hybridized carbons (Fsp3) is 0.200. The highest BCUT2D eigenvalue weighted by molar-refractivity contribution is 7.15. The van der Waals surface area contributed by atoms with E-state index in [1.165, 1.54) is 12.1 Å². The molecule has 0 bridgehead atoms. The van der Waals surface area contributed by atoms with Crippen molar-refractivity contribution >= 4 is 17.2 Å². The Hall–Kier alpha value is -2.73. The van der Waals surface area contributed by atoms with Crippen molar-refractivity contribution in [1.82, 2.24) is 10.3 Å². The fourth-order valence-corrected chi connectivity index (χ4v) is 3.48. The summed E-state index contributed by atoms with van der Waals surface area (Å²) in [4.78, 5) is 17.5. The number of hydrogen-bond acceptors (Lipinski definition) is 4. The van der Waals surface area contributed by atoms with Gasteiger partial charge in [-0.3, -0.25) is 4.79 Å². The molecular formula is C20H19FN2O2S. The molecule has 0 aliphatic rings. The Kier molecular flexibility index (Phi) is 5.96. The van der Waals surface area contributed by atoms with Gasteiger partial charge in [-0.25, -0.2) is 9.37 Å². The topological polar surface area (TPSA) is 51.2 Å². The summed E-state index contributed by atoms with van der Waals surface area (Å²) in [7, 11) is 0. The van der Waals surface area contributed by atoms with E-state index in [0.29, 0.717) is 18.7 Å². The van der Waals surface area contributed by atoms with E-state index in [-0.39, 0.29) is 18.3 Å². The van der Waals surface area contributed by atoms with Crippen molar-refractivity contribution in [2.75, 3.05) is 13.2 Å². The lowest BCUT2D eigenvalue weighted by Gasteiger charge is -2.07. The van der Waals surface area contributed by atoms with Crippen LogP contribution in [0.1, 0.15) is 10.6 Å². The Bertz CT molecular complexity index is 863. The van der Waals surface area contributed by atoms with Crippen molar-refractivity contribution in [3.8, 4) is 16.3 Å². The first-order chi connectivity index (χ1) is 12.6. The third-order valence-electron chi connectivity index (χ3n) is 3.77. The van der Waals surface area contributed by atoms with E-state index in [1.807, 2.05) is 37.3 Å². The summed E-state index contributed by atoms with van der Waals surface area (Å²) in [5.41, 5.74) is 1.83. The summed E-state index contributed by atoms with van der Waals surface area (Å²) < 4.78 is 18.4. The van der Waals surface area contributed by atoms with E-state index in [4.69, 9.17) is 4.74 Å². The normalized spacial score (nSPS) is 10.5. The number of aromatic nitrogens is 1. The molecule has 0 spiro atoms. The van der Waals surface area contributed by atoms with Gasteiger partial charge in [0.15, 0.2) is 6.61 Å². The summed E-state index contributed by atoms with van der Waals surface area (Å²) in [6.45, 7) is 2.45. The second kappa shape index (κ2) is 8.58. The molecule has 3 rings (SSSR count). The van der Waals surface area contributed by atoms with Crippen LogP contribution >= 0.6 is 11.3 Å². The molecule has 4 nitrogen and oxygen atoms in total. The first kappa shape index (κ1) is 18.1. The third-order valence-corrected chi connectivity index (χ3v) is 5.04. The number of benzene rings is 2. The van der Waals surface area contributed by atoms with Crippen LogP contribution < -0.4 is 10.1 Å². The summed E-state index contributed by atoms with van der Waals surface area (Å²) >= 11 is 1.56. The highest BCUT2D eigenvalue weighted by atomic mass is 32.1. The van der Waals surface area contributed by atoms with Crippen LogP contribution in [0.25, 0.3) is 10.6 Å². The number of ether oxygens (including phenoxy) is 1. The minimum atomic E-state index is -0.261. The van der Waals surface area contributed by atoms with Crippen molar-refractivity contribution < 1.29 is 13.9 Å².